The summed E-state index contributed by atoms with van der Waals surface area (Å²) >= 11 is 14.7. The molecule has 1 heterocycles. The van der Waals surface area contributed by atoms with Crippen molar-refractivity contribution in [1.82, 2.24) is 5.32 Å². The normalized spacial score (nSPS) is 21.7. The van der Waals surface area contributed by atoms with Gasteiger partial charge in [-0.25, -0.2) is 0 Å². The van der Waals surface area contributed by atoms with Gasteiger partial charge in [0.05, 0.1) is 0 Å². The fourth-order valence-electron chi connectivity index (χ4n) is 2.39. The van der Waals surface area contributed by atoms with Crippen LogP contribution < -0.4 is 5.32 Å². The zero-order chi connectivity index (χ0) is 13.3. The number of nitrogens with one attached hydrogen (secondary N) is 1. The highest BCUT2D eigenvalue weighted by atomic mass is 35.5. The molecular weight excluding hydrogens is 285 g/mol. The summed E-state index contributed by atoms with van der Waals surface area (Å²) in [6.07, 6.45) is 1.12. The molecule has 0 fully saturated rings. The second-order valence-electron chi connectivity index (χ2n) is 5.20. The number of hydrogen-bond acceptors (Lipinski definition) is 2. The van der Waals surface area contributed by atoms with Gasteiger partial charge in [-0.15, -0.1) is 11.8 Å². The molecule has 0 bridgehead atoms. The number of halogens is 2. The van der Waals surface area contributed by atoms with E-state index in [4.69, 9.17) is 23.2 Å². The van der Waals surface area contributed by atoms with E-state index in [2.05, 4.69) is 26.1 Å². The van der Waals surface area contributed by atoms with Crippen LogP contribution in [0, 0.1) is 0 Å². The maximum atomic E-state index is 6.41. The van der Waals surface area contributed by atoms with Crippen LogP contribution in [-0.4, -0.2) is 11.3 Å². The summed E-state index contributed by atoms with van der Waals surface area (Å²) in [4.78, 5) is 0. The lowest BCUT2D eigenvalue weighted by Crippen LogP contribution is -2.40. The van der Waals surface area contributed by atoms with E-state index in [1.807, 2.05) is 23.9 Å². The molecule has 1 aromatic carbocycles. The fraction of sp³-hybridized carbons (Fsp3) is 0.571. The average Bonchev–Trinajstić information content (AvgIpc) is 2.32. The van der Waals surface area contributed by atoms with Crippen LogP contribution in [0.15, 0.2) is 12.1 Å². The predicted octanol–water partition coefficient (Wildman–Crippen LogP) is 5.06. The van der Waals surface area contributed by atoms with Gasteiger partial charge in [0.1, 0.15) is 0 Å². The summed E-state index contributed by atoms with van der Waals surface area (Å²) in [5, 5.41) is 5.29. The highest BCUT2D eigenvalue weighted by Crippen LogP contribution is 2.49. The molecule has 100 valence electrons. The summed E-state index contributed by atoms with van der Waals surface area (Å²) in [6.45, 7) is 7.71. The third kappa shape index (κ3) is 2.67. The maximum Gasteiger partial charge on any atom is 0.0482 e. The smallest absolute Gasteiger partial charge is 0.0482 e. The molecule has 1 aromatic rings. The van der Waals surface area contributed by atoms with Crippen molar-refractivity contribution >= 4 is 35.0 Å². The highest BCUT2D eigenvalue weighted by Gasteiger charge is 2.38. The Morgan fingerprint density at radius 3 is 2.67 bits per heavy atom. The van der Waals surface area contributed by atoms with Gasteiger partial charge in [-0.3, -0.25) is 0 Å². The summed E-state index contributed by atoms with van der Waals surface area (Å²) in [5.74, 6) is 0.937. The number of thioether (sulfide) groups is 1. The van der Waals surface area contributed by atoms with Gasteiger partial charge in [-0.05, 0) is 50.1 Å². The van der Waals surface area contributed by atoms with E-state index in [1.165, 1.54) is 11.1 Å². The number of hydrogen-bond donors (Lipinski definition) is 1. The lowest BCUT2D eigenvalue weighted by atomic mass is 9.91. The van der Waals surface area contributed by atoms with Crippen LogP contribution in [0.2, 0.25) is 10.0 Å². The second-order valence-corrected chi connectivity index (χ2v) is 7.64. The van der Waals surface area contributed by atoms with Crippen LogP contribution in [0.3, 0.4) is 0 Å². The molecule has 1 nitrogen and oxygen atoms in total. The maximum absolute atomic E-state index is 6.41. The summed E-state index contributed by atoms with van der Waals surface area (Å²) in [7, 11) is 0. The third-order valence-corrected chi connectivity index (χ3v) is 5.51. The summed E-state index contributed by atoms with van der Waals surface area (Å²) in [6, 6.07) is 4.07. The van der Waals surface area contributed by atoms with Gasteiger partial charge in [0.15, 0.2) is 0 Å². The van der Waals surface area contributed by atoms with Crippen molar-refractivity contribution in [3.8, 4) is 0 Å². The van der Waals surface area contributed by atoms with Crippen LogP contribution in [0.25, 0.3) is 0 Å². The molecule has 1 aliphatic heterocycles. The first-order chi connectivity index (χ1) is 8.47. The Hall–Kier alpha value is 0.110. The largest absolute Gasteiger partial charge is 0.309 e. The Kier molecular flexibility index (Phi) is 4.53. The first kappa shape index (κ1) is 14.5. The third-order valence-electron chi connectivity index (χ3n) is 3.42. The highest BCUT2D eigenvalue weighted by molar-refractivity contribution is 8.00. The van der Waals surface area contributed by atoms with Gasteiger partial charge in [0.2, 0.25) is 0 Å². The molecule has 1 atom stereocenters. The Balaban J connectivity index is 2.47. The fourth-order valence-corrected chi connectivity index (χ4v) is 4.19. The summed E-state index contributed by atoms with van der Waals surface area (Å²) in [5.41, 5.74) is 2.39. The molecule has 18 heavy (non-hydrogen) atoms. The monoisotopic (exact) mass is 303 g/mol. The van der Waals surface area contributed by atoms with Crippen molar-refractivity contribution in [3.05, 3.63) is 33.3 Å². The second kappa shape index (κ2) is 5.62. The molecular formula is C14H19Cl2NS. The average molecular weight is 304 g/mol. The standard InChI is InChI=1S/C14H19Cl2NS/c1-4-7-17-13-12-9(8-18-14(13,2)3)10(15)5-6-11(12)16/h5-6,13,17H,4,7-8H2,1-3H3. The first-order valence-electron chi connectivity index (χ1n) is 6.31. The van der Waals surface area contributed by atoms with Crippen molar-refractivity contribution < 1.29 is 0 Å². The number of benzene rings is 1. The van der Waals surface area contributed by atoms with E-state index in [1.54, 1.807) is 0 Å². The molecule has 0 amide bonds. The van der Waals surface area contributed by atoms with Crippen LogP contribution in [0.4, 0.5) is 0 Å². The molecule has 0 spiro atoms. The molecule has 2 rings (SSSR count). The van der Waals surface area contributed by atoms with E-state index in [9.17, 15) is 0 Å². The van der Waals surface area contributed by atoms with Crippen molar-refractivity contribution in [2.45, 2.75) is 43.7 Å². The lowest BCUT2D eigenvalue weighted by Gasteiger charge is -2.41. The van der Waals surface area contributed by atoms with Gasteiger partial charge in [0.25, 0.3) is 0 Å². The van der Waals surface area contributed by atoms with Crippen molar-refractivity contribution in [2.75, 3.05) is 6.54 Å². The molecule has 0 aromatic heterocycles. The lowest BCUT2D eigenvalue weighted by molar-refractivity contribution is 0.439. The van der Waals surface area contributed by atoms with Crippen molar-refractivity contribution in [2.24, 2.45) is 0 Å². The van der Waals surface area contributed by atoms with E-state index < -0.39 is 0 Å². The van der Waals surface area contributed by atoms with Gasteiger partial charge in [0, 0.05) is 26.6 Å². The molecule has 1 unspecified atom stereocenters. The van der Waals surface area contributed by atoms with E-state index in [0.717, 1.165) is 28.8 Å². The molecule has 4 heteroatoms. The zero-order valence-corrected chi connectivity index (χ0v) is 13.3. The zero-order valence-electron chi connectivity index (χ0n) is 11.0. The van der Waals surface area contributed by atoms with Gasteiger partial charge < -0.3 is 5.32 Å². The first-order valence-corrected chi connectivity index (χ1v) is 8.05. The van der Waals surface area contributed by atoms with Gasteiger partial charge in [-0.1, -0.05) is 30.1 Å². The molecule has 0 radical (unpaired) electrons. The van der Waals surface area contributed by atoms with Crippen LogP contribution in [-0.2, 0) is 5.75 Å². The van der Waals surface area contributed by atoms with E-state index in [-0.39, 0.29) is 10.8 Å². The van der Waals surface area contributed by atoms with Crippen molar-refractivity contribution in [3.63, 3.8) is 0 Å². The van der Waals surface area contributed by atoms with Crippen molar-refractivity contribution in [1.29, 1.82) is 0 Å². The Bertz CT molecular complexity index is 446. The Morgan fingerprint density at radius 1 is 1.33 bits per heavy atom. The number of rotatable bonds is 3. The SMILES string of the molecule is CCCNC1c2c(Cl)ccc(Cl)c2CSC1(C)C. The van der Waals surface area contributed by atoms with Crippen LogP contribution >= 0.6 is 35.0 Å². The van der Waals surface area contributed by atoms with E-state index >= 15 is 0 Å². The molecule has 1 N–H and O–H groups in total. The van der Waals surface area contributed by atoms with E-state index in [0.29, 0.717) is 0 Å². The topological polar surface area (TPSA) is 12.0 Å². The minimum Gasteiger partial charge on any atom is -0.309 e. The van der Waals surface area contributed by atoms with Crippen LogP contribution in [0.5, 0.6) is 0 Å². The molecule has 0 saturated heterocycles. The van der Waals surface area contributed by atoms with Crippen LogP contribution in [0.1, 0.15) is 44.4 Å². The van der Waals surface area contributed by atoms with Gasteiger partial charge in [-0.2, -0.15) is 0 Å². The molecule has 0 aliphatic carbocycles. The summed E-state index contributed by atoms with van der Waals surface area (Å²) < 4.78 is 0.135. The quantitative estimate of drug-likeness (QED) is 0.837. The predicted molar refractivity (Wildman–Crippen MR) is 82.9 cm³/mol. The Morgan fingerprint density at radius 2 is 2.00 bits per heavy atom. The minimum atomic E-state index is 0.135. The molecule has 0 saturated carbocycles. The molecule has 1 aliphatic rings. The minimum absolute atomic E-state index is 0.135. The number of fused-ring (bicyclic) bond motifs is 1. The Labute approximate surface area is 124 Å². The van der Waals surface area contributed by atoms with Gasteiger partial charge >= 0.3 is 0 Å².